The maximum absolute atomic E-state index is 8.15. The number of H-pyrrole nitrogens is 1. The normalized spacial score (nSPS) is 16.8. The summed E-state index contributed by atoms with van der Waals surface area (Å²) in [6, 6.07) is 9.97. The molecule has 0 radical (unpaired) electrons. The molecule has 2 aliphatic rings. The fourth-order valence-corrected chi connectivity index (χ4v) is 4.15. The second-order valence-electron chi connectivity index (χ2n) is 7.76. The second-order valence-corrected chi connectivity index (χ2v) is 7.76. The number of rotatable bonds is 6. The molecule has 3 aromatic rings. The van der Waals surface area contributed by atoms with E-state index in [1.165, 1.54) is 6.21 Å². The molecule has 0 saturated carbocycles. The predicted octanol–water partition coefficient (Wildman–Crippen LogP) is 2.10. The lowest BCUT2D eigenvalue weighted by Crippen LogP contribution is -2.47. The van der Waals surface area contributed by atoms with Crippen molar-refractivity contribution in [2.75, 3.05) is 72.5 Å². The Bertz CT molecular complexity index is 1030. The lowest BCUT2D eigenvalue weighted by atomic mass is 10.1. The summed E-state index contributed by atoms with van der Waals surface area (Å²) in [7, 11) is 0. The molecular weight excluding hydrogens is 406 g/mol. The van der Waals surface area contributed by atoms with Crippen molar-refractivity contribution in [3.05, 3.63) is 48.3 Å². The van der Waals surface area contributed by atoms with Crippen LogP contribution in [0.4, 0.5) is 29.0 Å². The van der Waals surface area contributed by atoms with Gasteiger partial charge in [-0.05, 0) is 12.1 Å². The third-order valence-corrected chi connectivity index (χ3v) is 5.85. The van der Waals surface area contributed by atoms with E-state index in [4.69, 9.17) is 15.1 Å². The molecule has 0 aliphatic carbocycles. The van der Waals surface area contributed by atoms with Gasteiger partial charge in [0.2, 0.25) is 0 Å². The van der Waals surface area contributed by atoms with Crippen LogP contribution in [0.3, 0.4) is 0 Å². The van der Waals surface area contributed by atoms with Crippen LogP contribution in [0.5, 0.6) is 0 Å². The largest absolute Gasteiger partial charge is 0.378 e. The number of pyridine rings is 2. The van der Waals surface area contributed by atoms with Gasteiger partial charge in [0, 0.05) is 63.8 Å². The topological polar surface area (TPSA) is 109 Å². The van der Waals surface area contributed by atoms with Crippen LogP contribution in [0, 0.1) is 5.41 Å². The summed E-state index contributed by atoms with van der Waals surface area (Å²) in [5.74, 6) is 3.29. The molecule has 3 aromatic heterocycles. The lowest BCUT2D eigenvalue weighted by Gasteiger charge is -2.38. The molecule has 2 saturated heterocycles. The van der Waals surface area contributed by atoms with E-state index in [0.717, 1.165) is 68.0 Å². The first-order chi connectivity index (χ1) is 15.8. The summed E-state index contributed by atoms with van der Waals surface area (Å²) in [6.45, 7) is 6.40. The number of anilines is 5. The van der Waals surface area contributed by atoms with Crippen molar-refractivity contribution in [2.24, 2.45) is 0 Å². The molecule has 2 fully saturated rings. The molecule has 5 heterocycles. The fraction of sp³-hybridized carbons (Fsp3) is 0.364. The molecule has 0 aromatic carbocycles. The molecule has 10 heteroatoms. The Hall–Kier alpha value is -3.66. The number of aromatic amines is 1. The number of nitrogens with one attached hydrogen (secondary N) is 3. The van der Waals surface area contributed by atoms with Gasteiger partial charge in [-0.25, -0.2) is 9.97 Å². The van der Waals surface area contributed by atoms with E-state index < -0.39 is 0 Å². The maximum atomic E-state index is 8.15. The van der Waals surface area contributed by atoms with Gasteiger partial charge in [-0.2, -0.15) is 5.10 Å². The summed E-state index contributed by atoms with van der Waals surface area (Å²) >= 11 is 0. The van der Waals surface area contributed by atoms with Gasteiger partial charge in [0.1, 0.15) is 23.3 Å². The van der Waals surface area contributed by atoms with Crippen LogP contribution in [0.25, 0.3) is 0 Å². The summed E-state index contributed by atoms with van der Waals surface area (Å²) in [5.41, 5.74) is 1.78. The summed E-state index contributed by atoms with van der Waals surface area (Å²) in [5, 5.41) is 18.4. The first-order valence-electron chi connectivity index (χ1n) is 10.9. The smallest absolute Gasteiger partial charge is 0.144 e. The van der Waals surface area contributed by atoms with Gasteiger partial charge in [-0.1, -0.05) is 6.07 Å². The highest BCUT2D eigenvalue weighted by atomic mass is 16.5. The van der Waals surface area contributed by atoms with E-state index in [1.807, 2.05) is 30.5 Å². The van der Waals surface area contributed by atoms with Gasteiger partial charge in [0.05, 0.1) is 30.7 Å². The Morgan fingerprint density at radius 3 is 2.41 bits per heavy atom. The number of ether oxygens (including phenoxy) is 1. The second kappa shape index (κ2) is 9.23. The van der Waals surface area contributed by atoms with Crippen molar-refractivity contribution in [1.82, 2.24) is 20.2 Å². The summed E-state index contributed by atoms with van der Waals surface area (Å²) in [6.07, 6.45) is 4.91. The predicted molar refractivity (Wildman–Crippen MR) is 126 cm³/mol. The summed E-state index contributed by atoms with van der Waals surface area (Å²) < 4.78 is 5.53. The minimum Gasteiger partial charge on any atom is -0.378 e. The van der Waals surface area contributed by atoms with E-state index >= 15 is 0 Å². The van der Waals surface area contributed by atoms with Gasteiger partial charge >= 0.3 is 0 Å². The van der Waals surface area contributed by atoms with Crippen molar-refractivity contribution in [3.8, 4) is 0 Å². The standard InChI is InChI=1S/C22H27N9O/c23-16-17-18(29-7-9-30(10-8-29)20-3-1-2-5-24-20)15-21(31-11-13-32-14-12-31)27-22(17)26-19-4-6-25-28-19/h1-6,15-16,23H,7-14H2,(H2,25,26,27,28). The molecule has 3 N–H and O–H groups in total. The fourth-order valence-electron chi connectivity index (χ4n) is 4.15. The van der Waals surface area contributed by atoms with Crippen LogP contribution in [0.1, 0.15) is 5.56 Å². The SMILES string of the molecule is N=Cc1c(N2CCN(c3ccccn3)CC2)cc(N2CCOCC2)nc1Nc1ccn[nH]1. The van der Waals surface area contributed by atoms with Crippen molar-refractivity contribution < 1.29 is 4.74 Å². The number of aromatic nitrogens is 4. The Morgan fingerprint density at radius 1 is 0.938 bits per heavy atom. The van der Waals surface area contributed by atoms with Gasteiger partial charge in [-0.15, -0.1) is 0 Å². The molecular formula is C22H27N9O. The number of morpholine rings is 1. The van der Waals surface area contributed by atoms with Crippen molar-refractivity contribution in [1.29, 1.82) is 5.41 Å². The van der Waals surface area contributed by atoms with Gasteiger partial charge in [0.15, 0.2) is 0 Å². The Balaban J connectivity index is 1.45. The highest BCUT2D eigenvalue weighted by Crippen LogP contribution is 2.32. The number of nitrogens with zero attached hydrogens (tertiary/aromatic N) is 6. The minimum absolute atomic E-state index is 0.649. The third-order valence-electron chi connectivity index (χ3n) is 5.85. The van der Waals surface area contributed by atoms with Crippen molar-refractivity contribution in [3.63, 3.8) is 0 Å². The van der Waals surface area contributed by atoms with Crippen LogP contribution < -0.4 is 20.0 Å². The highest BCUT2D eigenvalue weighted by Gasteiger charge is 2.24. The molecule has 10 nitrogen and oxygen atoms in total. The molecule has 5 rings (SSSR count). The van der Waals surface area contributed by atoms with Crippen LogP contribution >= 0.6 is 0 Å². The maximum Gasteiger partial charge on any atom is 0.144 e. The average Bonchev–Trinajstić information content (AvgIpc) is 3.38. The van der Waals surface area contributed by atoms with Crippen molar-refractivity contribution in [2.45, 2.75) is 0 Å². The van der Waals surface area contributed by atoms with Gasteiger partial charge in [-0.3, -0.25) is 5.10 Å². The molecule has 0 spiro atoms. The Kier molecular flexibility index (Phi) is 5.84. The molecule has 2 aliphatic heterocycles. The third kappa shape index (κ3) is 4.22. The van der Waals surface area contributed by atoms with E-state index in [2.05, 4.69) is 41.3 Å². The molecule has 0 atom stereocenters. The van der Waals surface area contributed by atoms with Gasteiger partial charge < -0.3 is 30.2 Å². The Morgan fingerprint density at radius 2 is 1.72 bits per heavy atom. The zero-order valence-corrected chi connectivity index (χ0v) is 17.9. The quantitative estimate of drug-likeness (QED) is 0.507. The number of hydrogen-bond acceptors (Lipinski definition) is 9. The Labute approximate surface area is 186 Å². The zero-order chi connectivity index (χ0) is 21.8. The minimum atomic E-state index is 0.649. The number of hydrogen-bond donors (Lipinski definition) is 3. The summed E-state index contributed by atoms with van der Waals surface area (Å²) in [4.78, 5) is 16.2. The van der Waals surface area contributed by atoms with E-state index in [0.29, 0.717) is 19.0 Å². The lowest BCUT2D eigenvalue weighted by molar-refractivity contribution is 0.122. The molecule has 166 valence electrons. The first-order valence-corrected chi connectivity index (χ1v) is 10.9. The average molecular weight is 434 g/mol. The van der Waals surface area contributed by atoms with Crippen molar-refractivity contribution >= 4 is 35.2 Å². The molecule has 32 heavy (non-hydrogen) atoms. The van der Waals surface area contributed by atoms with Crippen LogP contribution in [-0.4, -0.2) is 78.9 Å². The molecule has 0 amide bonds. The van der Waals surface area contributed by atoms with Crippen LogP contribution in [0.2, 0.25) is 0 Å². The number of piperazine rings is 1. The first kappa shape index (κ1) is 20.3. The van der Waals surface area contributed by atoms with Crippen LogP contribution in [0.15, 0.2) is 42.7 Å². The zero-order valence-electron chi connectivity index (χ0n) is 17.9. The van der Waals surface area contributed by atoms with E-state index in [1.54, 1.807) is 6.20 Å². The van der Waals surface area contributed by atoms with Gasteiger partial charge in [0.25, 0.3) is 0 Å². The van der Waals surface area contributed by atoms with E-state index in [9.17, 15) is 0 Å². The molecule has 0 unspecified atom stereocenters. The molecule has 0 bridgehead atoms. The van der Waals surface area contributed by atoms with Crippen LogP contribution in [-0.2, 0) is 4.74 Å². The monoisotopic (exact) mass is 433 g/mol. The highest BCUT2D eigenvalue weighted by molar-refractivity contribution is 5.94. The van der Waals surface area contributed by atoms with E-state index in [-0.39, 0.29) is 0 Å².